The van der Waals surface area contributed by atoms with Gasteiger partial charge < -0.3 is 14.9 Å². The summed E-state index contributed by atoms with van der Waals surface area (Å²) in [6.07, 6.45) is -0.174. The molecule has 0 aromatic heterocycles. The van der Waals surface area contributed by atoms with Crippen molar-refractivity contribution in [2.24, 2.45) is 0 Å². The number of aliphatic carboxylic acids is 2. The number of benzene rings is 1. The van der Waals surface area contributed by atoms with Crippen molar-refractivity contribution in [3.05, 3.63) is 28.2 Å². The third-order valence-electron chi connectivity index (χ3n) is 2.44. The van der Waals surface area contributed by atoms with E-state index in [9.17, 15) is 9.59 Å². The predicted octanol–water partition coefficient (Wildman–Crippen LogP) is 1.29. The molecule has 5 nitrogen and oxygen atoms in total. The number of rotatable bonds is 2. The molecule has 0 atom stereocenters. The summed E-state index contributed by atoms with van der Waals surface area (Å²) in [5.41, 5.74) is -1.62. The van der Waals surface area contributed by atoms with Crippen LogP contribution in [0, 0.1) is 0 Å². The fourth-order valence-electron chi connectivity index (χ4n) is 1.61. The van der Waals surface area contributed by atoms with Gasteiger partial charge in [0.2, 0.25) is 0 Å². The summed E-state index contributed by atoms with van der Waals surface area (Å²) < 4.78 is 5.80. The van der Waals surface area contributed by atoms with Gasteiger partial charge in [0.05, 0.1) is 0 Å². The second-order valence-electron chi connectivity index (χ2n) is 3.47. The Labute approximate surface area is 98.8 Å². The number of hydrogen-bond donors (Lipinski definition) is 2. The number of carbonyl (C=O) groups is 2. The Bertz CT molecular complexity index is 468. The van der Waals surface area contributed by atoms with Crippen molar-refractivity contribution in [1.82, 2.24) is 0 Å². The molecule has 0 bridgehead atoms. The molecule has 0 fully saturated rings. The van der Waals surface area contributed by atoms with Crippen molar-refractivity contribution >= 4 is 27.9 Å². The highest BCUT2D eigenvalue weighted by atomic mass is 79.9. The molecule has 6 heteroatoms. The molecule has 0 saturated carbocycles. The summed E-state index contributed by atoms with van der Waals surface area (Å²) in [7, 11) is 0. The molecular weight excluding hydrogens is 280 g/mol. The molecule has 2 rings (SSSR count). The first-order valence-corrected chi connectivity index (χ1v) is 5.19. The van der Waals surface area contributed by atoms with Crippen LogP contribution in [0.25, 0.3) is 0 Å². The van der Waals surface area contributed by atoms with Gasteiger partial charge in [-0.15, -0.1) is 0 Å². The van der Waals surface area contributed by atoms with Gasteiger partial charge in [0.1, 0.15) is 5.75 Å². The summed E-state index contributed by atoms with van der Waals surface area (Å²) in [5, 5.41) is 17.9. The maximum absolute atomic E-state index is 11.0. The highest BCUT2D eigenvalue weighted by Crippen LogP contribution is 2.37. The number of halogens is 1. The molecule has 1 heterocycles. The van der Waals surface area contributed by atoms with E-state index >= 15 is 0 Å². The Kier molecular flexibility index (Phi) is 2.38. The zero-order valence-electron chi connectivity index (χ0n) is 7.94. The van der Waals surface area contributed by atoms with Crippen LogP contribution in [0.1, 0.15) is 5.56 Å². The van der Waals surface area contributed by atoms with E-state index in [0.717, 1.165) is 4.47 Å². The first-order valence-electron chi connectivity index (χ1n) is 4.40. The molecular formula is C10H7BrO5. The van der Waals surface area contributed by atoms with Gasteiger partial charge in [0.25, 0.3) is 0 Å². The smallest absolute Gasteiger partial charge is 0.360 e. The van der Waals surface area contributed by atoms with Crippen molar-refractivity contribution in [1.29, 1.82) is 0 Å². The Hall–Kier alpha value is -1.56. The average Bonchev–Trinajstić information content (AvgIpc) is 2.57. The van der Waals surface area contributed by atoms with Crippen molar-refractivity contribution in [2.75, 3.05) is 0 Å². The van der Waals surface area contributed by atoms with Crippen molar-refractivity contribution in [3.63, 3.8) is 0 Å². The summed E-state index contributed by atoms with van der Waals surface area (Å²) in [6, 6.07) is 4.87. The fraction of sp³-hybridized carbons (Fsp3) is 0.200. The summed E-state index contributed by atoms with van der Waals surface area (Å²) >= 11 is 3.23. The predicted molar refractivity (Wildman–Crippen MR) is 56.5 cm³/mol. The zero-order chi connectivity index (χ0) is 11.9. The van der Waals surface area contributed by atoms with Crippen molar-refractivity contribution < 1.29 is 24.5 Å². The first kappa shape index (κ1) is 10.9. The van der Waals surface area contributed by atoms with Crippen LogP contribution in [0.2, 0.25) is 0 Å². The van der Waals surface area contributed by atoms with E-state index in [0.29, 0.717) is 11.3 Å². The van der Waals surface area contributed by atoms with Gasteiger partial charge >= 0.3 is 17.5 Å². The minimum Gasteiger partial charge on any atom is -0.478 e. The molecule has 1 aromatic carbocycles. The van der Waals surface area contributed by atoms with Gasteiger partial charge in [-0.1, -0.05) is 15.9 Å². The lowest BCUT2D eigenvalue weighted by Crippen LogP contribution is -2.50. The maximum atomic E-state index is 11.0. The number of fused-ring (bicyclic) bond motifs is 1. The standard InChI is InChI=1S/C10H7BrO5/c11-6-1-2-7-5(3-6)4-10(16-7,8(12)13)9(14)15/h1-3H,4H2,(H,12,13)(H,14,15). The van der Waals surface area contributed by atoms with Crippen molar-refractivity contribution in [3.8, 4) is 5.75 Å². The Morgan fingerprint density at radius 1 is 1.31 bits per heavy atom. The molecule has 0 radical (unpaired) electrons. The van der Waals surface area contributed by atoms with E-state index in [1.54, 1.807) is 18.2 Å². The number of hydrogen-bond acceptors (Lipinski definition) is 3. The Balaban J connectivity index is 2.46. The topological polar surface area (TPSA) is 83.8 Å². The molecule has 16 heavy (non-hydrogen) atoms. The third kappa shape index (κ3) is 1.46. The molecule has 0 aliphatic carbocycles. The second-order valence-corrected chi connectivity index (χ2v) is 4.38. The molecule has 84 valence electrons. The minimum absolute atomic E-state index is 0.174. The minimum atomic E-state index is -2.19. The van der Waals surface area contributed by atoms with Crippen LogP contribution in [-0.2, 0) is 16.0 Å². The van der Waals surface area contributed by atoms with Crippen LogP contribution in [0.5, 0.6) is 5.75 Å². The average molecular weight is 287 g/mol. The Morgan fingerprint density at radius 2 is 1.94 bits per heavy atom. The Morgan fingerprint density at radius 3 is 2.50 bits per heavy atom. The maximum Gasteiger partial charge on any atom is 0.360 e. The fourth-order valence-corrected chi connectivity index (χ4v) is 2.02. The number of ether oxygens (including phenoxy) is 1. The summed E-state index contributed by atoms with van der Waals surface area (Å²) in [5.74, 6) is -2.69. The van der Waals surface area contributed by atoms with Gasteiger partial charge in [0.15, 0.2) is 0 Å². The third-order valence-corrected chi connectivity index (χ3v) is 2.93. The number of carboxylic acid groups (broad SMARTS) is 2. The van der Waals surface area contributed by atoms with E-state index in [2.05, 4.69) is 15.9 Å². The lowest BCUT2D eigenvalue weighted by atomic mass is 9.97. The van der Waals surface area contributed by atoms with Gasteiger partial charge in [-0.3, -0.25) is 0 Å². The SMILES string of the molecule is O=C(O)C1(C(=O)O)Cc2cc(Br)ccc2O1. The molecule has 0 amide bonds. The molecule has 0 unspecified atom stereocenters. The van der Waals surface area contributed by atoms with E-state index in [4.69, 9.17) is 14.9 Å². The van der Waals surface area contributed by atoms with E-state index in [1.807, 2.05) is 0 Å². The van der Waals surface area contributed by atoms with Crippen LogP contribution in [0.15, 0.2) is 22.7 Å². The van der Waals surface area contributed by atoms with Crippen LogP contribution >= 0.6 is 15.9 Å². The summed E-state index contributed by atoms with van der Waals surface area (Å²) in [6.45, 7) is 0. The van der Waals surface area contributed by atoms with E-state index in [-0.39, 0.29) is 6.42 Å². The van der Waals surface area contributed by atoms with Gasteiger partial charge in [-0.2, -0.15) is 0 Å². The van der Waals surface area contributed by atoms with E-state index in [1.165, 1.54) is 0 Å². The highest BCUT2D eigenvalue weighted by Gasteiger charge is 2.53. The lowest BCUT2D eigenvalue weighted by Gasteiger charge is -2.18. The molecule has 2 N–H and O–H groups in total. The molecule has 0 spiro atoms. The zero-order valence-corrected chi connectivity index (χ0v) is 9.52. The van der Waals surface area contributed by atoms with Crippen molar-refractivity contribution in [2.45, 2.75) is 12.0 Å². The largest absolute Gasteiger partial charge is 0.478 e. The van der Waals surface area contributed by atoms with Crippen LogP contribution in [0.3, 0.4) is 0 Å². The van der Waals surface area contributed by atoms with Crippen LogP contribution in [0.4, 0.5) is 0 Å². The summed E-state index contributed by atoms with van der Waals surface area (Å²) in [4.78, 5) is 22.0. The normalized spacial score (nSPS) is 16.3. The number of carboxylic acids is 2. The van der Waals surface area contributed by atoms with Gasteiger partial charge in [0, 0.05) is 16.5 Å². The lowest BCUT2D eigenvalue weighted by molar-refractivity contribution is -0.170. The molecule has 0 saturated heterocycles. The molecule has 1 aliphatic rings. The monoisotopic (exact) mass is 286 g/mol. The second kappa shape index (κ2) is 3.48. The molecule has 1 aliphatic heterocycles. The van der Waals surface area contributed by atoms with Gasteiger partial charge in [-0.25, -0.2) is 9.59 Å². The highest BCUT2D eigenvalue weighted by molar-refractivity contribution is 9.10. The first-order chi connectivity index (χ1) is 7.45. The van der Waals surface area contributed by atoms with Crippen LogP contribution < -0.4 is 4.74 Å². The molecule has 1 aromatic rings. The van der Waals surface area contributed by atoms with Gasteiger partial charge in [-0.05, 0) is 18.2 Å². The van der Waals surface area contributed by atoms with Crippen LogP contribution in [-0.4, -0.2) is 27.8 Å². The quantitative estimate of drug-likeness (QED) is 0.801. The van der Waals surface area contributed by atoms with E-state index < -0.39 is 17.5 Å².